The first-order valence-corrected chi connectivity index (χ1v) is 5.93. The molecule has 1 rings (SSSR count). The monoisotopic (exact) mass is 259 g/mol. The Hall–Kier alpha value is -1.00. The van der Waals surface area contributed by atoms with Gasteiger partial charge < -0.3 is 14.8 Å². The first-order valence-electron chi connectivity index (χ1n) is 5.55. The van der Waals surface area contributed by atoms with E-state index in [-0.39, 0.29) is 23.2 Å². The number of nitrogens with one attached hydrogen (secondary N) is 1. The molecular weight excluding hydrogens is 242 g/mol. The van der Waals surface area contributed by atoms with E-state index in [1.165, 1.54) is 12.3 Å². The van der Waals surface area contributed by atoms with E-state index < -0.39 is 5.60 Å². The normalized spacial score (nSPS) is 14.7. The third-order valence-electron chi connectivity index (χ3n) is 2.34. The molecular formula is C12H18ClNO3. The highest BCUT2D eigenvalue weighted by Crippen LogP contribution is 2.18. The lowest BCUT2D eigenvalue weighted by atomic mass is 9.94. The van der Waals surface area contributed by atoms with Crippen molar-refractivity contribution in [3.8, 4) is 0 Å². The van der Waals surface area contributed by atoms with Crippen molar-refractivity contribution in [2.75, 3.05) is 6.54 Å². The first-order chi connectivity index (χ1) is 7.82. The SMILES string of the molecule is CC(C)CC(C)(O)CNC(=O)c1ccoc1Cl. The fourth-order valence-corrected chi connectivity index (χ4v) is 1.97. The van der Waals surface area contributed by atoms with Crippen molar-refractivity contribution >= 4 is 17.5 Å². The summed E-state index contributed by atoms with van der Waals surface area (Å²) in [5.74, 6) is 0.0206. The Bertz CT molecular complexity index is 385. The quantitative estimate of drug-likeness (QED) is 0.854. The summed E-state index contributed by atoms with van der Waals surface area (Å²) >= 11 is 5.68. The van der Waals surface area contributed by atoms with Crippen molar-refractivity contribution < 1.29 is 14.3 Å². The van der Waals surface area contributed by atoms with Gasteiger partial charge in [0.15, 0.2) is 0 Å². The maximum atomic E-state index is 11.7. The molecule has 0 saturated heterocycles. The van der Waals surface area contributed by atoms with Gasteiger partial charge in [-0.05, 0) is 36.9 Å². The summed E-state index contributed by atoms with van der Waals surface area (Å²) < 4.78 is 4.82. The van der Waals surface area contributed by atoms with Crippen LogP contribution in [0, 0.1) is 5.92 Å². The highest BCUT2D eigenvalue weighted by molar-refractivity contribution is 6.32. The molecule has 1 atom stereocenters. The lowest BCUT2D eigenvalue weighted by Gasteiger charge is -2.25. The average Bonchev–Trinajstić information content (AvgIpc) is 2.59. The number of furan rings is 1. The van der Waals surface area contributed by atoms with E-state index in [4.69, 9.17) is 16.0 Å². The first kappa shape index (κ1) is 14.1. The summed E-state index contributed by atoms with van der Waals surface area (Å²) in [6.07, 6.45) is 1.97. The molecule has 17 heavy (non-hydrogen) atoms. The van der Waals surface area contributed by atoms with E-state index in [2.05, 4.69) is 5.32 Å². The Kier molecular flexibility index (Phi) is 4.60. The van der Waals surface area contributed by atoms with Crippen molar-refractivity contribution in [3.05, 3.63) is 23.1 Å². The Morgan fingerprint density at radius 3 is 2.76 bits per heavy atom. The Balaban J connectivity index is 2.51. The minimum Gasteiger partial charge on any atom is -0.452 e. The van der Waals surface area contributed by atoms with Crippen LogP contribution in [0.4, 0.5) is 0 Å². The highest BCUT2D eigenvalue weighted by atomic mass is 35.5. The summed E-state index contributed by atoms with van der Waals surface area (Å²) in [5, 5.41) is 12.7. The third-order valence-corrected chi connectivity index (χ3v) is 2.63. The van der Waals surface area contributed by atoms with Gasteiger partial charge in [0.1, 0.15) is 0 Å². The van der Waals surface area contributed by atoms with Crippen LogP contribution in [-0.4, -0.2) is 23.2 Å². The summed E-state index contributed by atoms with van der Waals surface area (Å²) in [7, 11) is 0. The van der Waals surface area contributed by atoms with Crippen molar-refractivity contribution in [3.63, 3.8) is 0 Å². The number of carbonyl (C=O) groups excluding carboxylic acids is 1. The number of halogens is 1. The van der Waals surface area contributed by atoms with Crippen LogP contribution in [0.25, 0.3) is 0 Å². The predicted octanol–water partition coefficient (Wildman–Crippen LogP) is 2.46. The van der Waals surface area contributed by atoms with Crippen LogP contribution >= 0.6 is 11.6 Å². The smallest absolute Gasteiger partial charge is 0.256 e. The second kappa shape index (κ2) is 5.56. The zero-order valence-corrected chi connectivity index (χ0v) is 11.0. The fraction of sp³-hybridized carbons (Fsp3) is 0.583. The van der Waals surface area contributed by atoms with Crippen LogP contribution < -0.4 is 5.32 Å². The average molecular weight is 260 g/mol. The van der Waals surface area contributed by atoms with Gasteiger partial charge in [-0.25, -0.2) is 0 Å². The zero-order valence-electron chi connectivity index (χ0n) is 10.3. The molecule has 0 aromatic carbocycles. The molecule has 0 aliphatic rings. The Morgan fingerprint density at radius 1 is 1.65 bits per heavy atom. The van der Waals surface area contributed by atoms with Gasteiger partial charge in [-0.2, -0.15) is 0 Å². The van der Waals surface area contributed by atoms with Gasteiger partial charge in [0.2, 0.25) is 5.22 Å². The molecule has 1 heterocycles. The molecule has 1 unspecified atom stereocenters. The van der Waals surface area contributed by atoms with E-state index in [9.17, 15) is 9.90 Å². The maximum absolute atomic E-state index is 11.7. The minimum absolute atomic E-state index is 0.0611. The van der Waals surface area contributed by atoms with Crippen LogP contribution in [0.5, 0.6) is 0 Å². The van der Waals surface area contributed by atoms with Crippen LogP contribution in [0.15, 0.2) is 16.7 Å². The van der Waals surface area contributed by atoms with Crippen molar-refractivity contribution in [2.45, 2.75) is 32.8 Å². The summed E-state index contributed by atoms with van der Waals surface area (Å²) in [6.45, 7) is 5.92. The Labute approximate surface area is 106 Å². The standard InChI is InChI=1S/C12H18ClNO3/c1-8(2)6-12(3,16)7-14-11(15)9-4-5-17-10(9)13/h4-5,8,16H,6-7H2,1-3H3,(H,14,15). The molecule has 0 fully saturated rings. The van der Waals surface area contributed by atoms with E-state index in [0.29, 0.717) is 12.3 Å². The van der Waals surface area contributed by atoms with Crippen molar-refractivity contribution in [1.29, 1.82) is 0 Å². The van der Waals surface area contributed by atoms with E-state index in [1.54, 1.807) is 6.92 Å². The van der Waals surface area contributed by atoms with Gasteiger partial charge in [0, 0.05) is 6.54 Å². The van der Waals surface area contributed by atoms with E-state index in [1.807, 2.05) is 13.8 Å². The molecule has 0 spiro atoms. The third kappa shape index (κ3) is 4.40. The molecule has 0 aliphatic carbocycles. The number of carbonyl (C=O) groups is 1. The molecule has 96 valence electrons. The highest BCUT2D eigenvalue weighted by Gasteiger charge is 2.23. The van der Waals surface area contributed by atoms with E-state index in [0.717, 1.165) is 0 Å². The van der Waals surface area contributed by atoms with Gasteiger partial charge in [-0.3, -0.25) is 4.79 Å². The lowest BCUT2D eigenvalue weighted by molar-refractivity contribution is 0.0368. The predicted molar refractivity (Wildman–Crippen MR) is 66.1 cm³/mol. The zero-order chi connectivity index (χ0) is 13.1. The van der Waals surface area contributed by atoms with Gasteiger partial charge in [-0.1, -0.05) is 13.8 Å². The second-order valence-electron chi connectivity index (χ2n) is 4.89. The molecule has 0 radical (unpaired) electrons. The van der Waals surface area contributed by atoms with Crippen molar-refractivity contribution in [1.82, 2.24) is 5.32 Å². The summed E-state index contributed by atoms with van der Waals surface area (Å²) in [5.41, 5.74) is -0.632. The lowest BCUT2D eigenvalue weighted by Crippen LogP contribution is -2.41. The minimum atomic E-state index is -0.917. The summed E-state index contributed by atoms with van der Waals surface area (Å²) in [6, 6.07) is 1.49. The van der Waals surface area contributed by atoms with E-state index >= 15 is 0 Å². The molecule has 5 heteroatoms. The van der Waals surface area contributed by atoms with Crippen LogP contribution in [0.3, 0.4) is 0 Å². The van der Waals surface area contributed by atoms with Crippen LogP contribution in [0.2, 0.25) is 5.22 Å². The van der Waals surface area contributed by atoms with Crippen LogP contribution in [0.1, 0.15) is 37.6 Å². The molecule has 0 saturated carbocycles. The number of hydrogen-bond donors (Lipinski definition) is 2. The van der Waals surface area contributed by atoms with Crippen molar-refractivity contribution in [2.24, 2.45) is 5.92 Å². The largest absolute Gasteiger partial charge is 0.452 e. The Morgan fingerprint density at radius 2 is 2.29 bits per heavy atom. The maximum Gasteiger partial charge on any atom is 0.256 e. The number of amides is 1. The molecule has 0 aliphatic heterocycles. The molecule has 1 aromatic heterocycles. The molecule has 1 amide bonds. The van der Waals surface area contributed by atoms with Gasteiger partial charge in [0.25, 0.3) is 5.91 Å². The molecule has 1 aromatic rings. The van der Waals surface area contributed by atoms with Crippen LogP contribution in [-0.2, 0) is 0 Å². The topological polar surface area (TPSA) is 62.5 Å². The van der Waals surface area contributed by atoms with Gasteiger partial charge in [-0.15, -0.1) is 0 Å². The summed E-state index contributed by atoms with van der Waals surface area (Å²) in [4.78, 5) is 11.7. The van der Waals surface area contributed by atoms with Gasteiger partial charge in [0.05, 0.1) is 17.4 Å². The second-order valence-corrected chi connectivity index (χ2v) is 5.23. The number of rotatable bonds is 5. The van der Waals surface area contributed by atoms with Gasteiger partial charge >= 0.3 is 0 Å². The molecule has 2 N–H and O–H groups in total. The number of aliphatic hydroxyl groups is 1. The molecule has 4 nitrogen and oxygen atoms in total. The molecule has 0 bridgehead atoms. The number of hydrogen-bond acceptors (Lipinski definition) is 3. The fourth-order valence-electron chi connectivity index (χ4n) is 1.77.